The lowest BCUT2D eigenvalue weighted by Gasteiger charge is -2.20. The molecule has 6 heteroatoms. The zero-order valence-electron chi connectivity index (χ0n) is 77.3. The Morgan fingerprint density at radius 2 is 0.300 bits per heavy atom. The van der Waals surface area contributed by atoms with Crippen molar-refractivity contribution in [3.05, 3.63) is 534 Å². The van der Waals surface area contributed by atoms with E-state index >= 15 is 0 Å². The normalized spacial score (nSPS) is 11.2. The van der Waals surface area contributed by atoms with Crippen LogP contribution in [0.15, 0.2) is 522 Å². The van der Waals surface area contributed by atoms with Crippen LogP contribution in [0.1, 0.15) is 11.1 Å². The van der Waals surface area contributed by atoms with E-state index in [9.17, 15) is 0 Å². The van der Waals surface area contributed by atoms with Crippen LogP contribution in [0.2, 0.25) is 0 Å². The van der Waals surface area contributed by atoms with Gasteiger partial charge in [-0.05, 0) is 307 Å². The first-order valence-electron chi connectivity index (χ1n) is 47.6. The third-order valence-electron chi connectivity index (χ3n) is 26.9. The van der Waals surface area contributed by atoms with Crippen molar-refractivity contribution in [3.63, 3.8) is 0 Å². The van der Waals surface area contributed by atoms with E-state index in [1.165, 1.54) is 0 Å². The maximum absolute atomic E-state index is 5.00. The third kappa shape index (κ3) is 17.6. The summed E-state index contributed by atoms with van der Waals surface area (Å²) >= 11 is 0. The fraction of sp³-hybridized carbons (Fsp3) is 0.0149. The Morgan fingerprint density at radius 1 is 0.107 bits per heavy atom. The average Bonchev–Trinajstić information content (AvgIpc) is 0.767. The first kappa shape index (κ1) is 85.8. The van der Waals surface area contributed by atoms with Gasteiger partial charge in [-0.15, -0.1) is 0 Å². The van der Waals surface area contributed by atoms with Crippen molar-refractivity contribution < 1.29 is 0 Å². The highest BCUT2D eigenvalue weighted by molar-refractivity contribution is 6.03. The molecule has 0 saturated heterocycles. The van der Waals surface area contributed by atoms with Crippen LogP contribution in [0.25, 0.3) is 246 Å². The molecule has 140 heavy (non-hydrogen) atoms. The van der Waals surface area contributed by atoms with E-state index in [0.717, 1.165) is 257 Å². The number of rotatable bonds is 22. The summed E-state index contributed by atoms with van der Waals surface area (Å²) < 4.78 is 0. The Kier molecular flexibility index (Phi) is 23.6. The van der Waals surface area contributed by atoms with Gasteiger partial charge in [-0.3, -0.25) is 19.9 Å². The number of hydrogen-bond acceptors (Lipinski definition) is 6. The van der Waals surface area contributed by atoms with Gasteiger partial charge in [-0.2, -0.15) is 0 Å². The second-order valence-electron chi connectivity index (χ2n) is 35.7. The molecule has 0 saturated carbocycles. The van der Waals surface area contributed by atoms with Crippen LogP contribution in [-0.2, 0) is 0 Å². The molecule has 0 aliphatic carbocycles. The smallest absolute Gasteiger partial charge is 0.116 e. The first-order valence-corrected chi connectivity index (χ1v) is 47.6. The topological polar surface area (TPSA) is 77.3 Å². The van der Waals surface area contributed by atoms with Crippen molar-refractivity contribution in [2.45, 2.75) is 13.8 Å². The molecule has 23 rings (SSSR count). The zero-order chi connectivity index (χ0) is 93.6. The Labute approximate surface area is 817 Å². The van der Waals surface area contributed by atoms with Gasteiger partial charge in [0.1, 0.15) is 6.33 Å². The lowest BCUT2D eigenvalue weighted by atomic mass is 9.83. The molecule has 0 aliphatic heterocycles. The minimum atomic E-state index is 0.822. The maximum atomic E-state index is 5.00. The summed E-state index contributed by atoms with van der Waals surface area (Å²) in [4.78, 5) is 29.3. The van der Waals surface area contributed by atoms with E-state index < -0.39 is 0 Å². The summed E-state index contributed by atoms with van der Waals surface area (Å²) in [6.07, 6.45) is 9.16. The van der Waals surface area contributed by atoms with E-state index in [1.807, 2.05) is 49.1 Å². The fourth-order valence-corrected chi connectivity index (χ4v) is 20.0. The van der Waals surface area contributed by atoms with Crippen molar-refractivity contribution in [2.75, 3.05) is 0 Å². The van der Waals surface area contributed by atoms with E-state index in [4.69, 9.17) is 29.9 Å². The summed E-state index contributed by atoms with van der Waals surface area (Å²) in [6, 6.07) is 178. The second-order valence-corrected chi connectivity index (χ2v) is 35.7. The quantitative estimate of drug-likeness (QED) is 0.0673. The molecule has 0 radical (unpaired) electrons. The molecule has 0 bridgehead atoms. The highest BCUT2D eigenvalue weighted by Gasteiger charge is 2.26. The highest BCUT2D eigenvalue weighted by atomic mass is 14.8. The minimum Gasteiger partial charge on any atom is -0.256 e. The van der Waals surface area contributed by atoms with Crippen molar-refractivity contribution in [2.24, 2.45) is 0 Å². The van der Waals surface area contributed by atoms with Gasteiger partial charge >= 0.3 is 0 Å². The summed E-state index contributed by atoms with van der Waals surface area (Å²) in [5.41, 5.74) is 49.4. The van der Waals surface area contributed by atoms with E-state index in [1.54, 1.807) is 6.33 Å². The van der Waals surface area contributed by atoms with Crippen LogP contribution in [0.4, 0.5) is 0 Å². The summed E-state index contributed by atoms with van der Waals surface area (Å²) in [6.45, 7) is 4.39. The Balaban J connectivity index is 0.611. The number of benzene rings is 18. The first-order chi connectivity index (χ1) is 69.2. The van der Waals surface area contributed by atoms with Gasteiger partial charge < -0.3 is 0 Å². The number of pyridine rings is 4. The molecule has 23 aromatic rings. The Morgan fingerprint density at radius 3 is 0.557 bits per heavy atom. The largest absolute Gasteiger partial charge is 0.256 e. The van der Waals surface area contributed by atoms with Crippen LogP contribution in [0.5, 0.6) is 0 Å². The van der Waals surface area contributed by atoms with Crippen LogP contribution in [0.3, 0.4) is 0 Å². The molecule has 5 aromatic heterocycles. The summed E-state index contributed by atoms with van der Waals surface area (Å²) in [5, 5.41) is 0. The zero-order valence-corrected chi connectivity index (χ0v) is 77.3. The van der Waals surface area contributed by atoms with E-state index in [2.05, 4.69) is 481 Å². The van der Waals surface area contributed by atoms with E-state index in [0.29, 0.717) is 0 Å². The molecule has 0 N–H and O–H groups in total. The molecular weight excluding hydrogens is 1690 g/mol. The number of aryl methyl sites for hydroxylation is 2. The molecule has 0 fully saturated rings. The van der Waals surface area contributed by atoms with Gasteiger partial charge in [0.2, 0.25) is 0 Å². The molecule has 6 nitrogen and oxygen atoms in total. The predicted octanol–water partition coefficient (Wildman–Crippen LogP) is 35.3. The lowest BCUT2D eigenvalue weighted by Crippen LogP contribution is -1.95. The molecule has 0 aliphatic rings. The fourth-order valence-electron chi connectivity index (χ4n) is 20.0. The van der Waals surface area contributed by atoms with Gasteiger partial charge in [0, 0.05) is 58.2 Å². The van der Waals surface area contributed by atoms with Crippen LogP contribution in [-0.4, -0.2) is 29.9 Å². The van der Waals surface area contributed by atoms with Gasteiger partial charge in [0.25, 0.3) is 0 Å². The molecule has 0 spiro atoms. The van der Waals surface area contributed by atoms with Crippen molar-refractivity contribution >= 4 is 0 Å². The Hall–Kier alpha value is -18.4. The molecule has 0 atom stereocenters. The standard InChI is InChI=1S/C134H92N6/c1-89-51-65-113(123(75-89)107-79-103(109-39-15-19-43-115(109)119-67-61-99(129-47-23-27-71-135-129)83-125(119)91-31-7-3-8-32-91)77-104(80-107)110-40-16-20-44-116(110)120-68-62-100(130-48-24-28-72-136-130)84-126(120)92-33-9-4-10-34-92)95-53-57-97(58-54-95)133-87-134(140-88-139-133)98-59-55-96(56-60-98)114-66-52-90(2)76-124(114)108-81-105(111-41-17-21-45-117(111)121-69-63-101(131-49-25-29-73-137-131)85-127(121)93-35-11-5-12-36-93)78-106(82-108)112-42-18-22-46-118(112)122-70-64-102(132-50-26-30-74-138-132)86-128(122)94-37-13-6-14-38-94/h3-88H,1-2H3. The van der Waals surface area contributed by atoms with Gasteiger partial charge in [0.05, 0.1) is 34.2 Å². The van der Waals surface area contributed by atoms with Crippen molar-refractivity contribution in [3.8, 4) is 246 Å². The molecule has 5 heterocycles. The van der Waals surface area contributed by atoms with Gasteiger partial charge in [0.15, 0.2) is 0 Å². The molecule has 18 aromatic carbocycles. The van der Waals surface area contributed by atoms with Crippen LogP contribution >= 0.6 is 0 Å². The number of aromatic nitrogens is 6. The average molecular weight is 1790 g/mol. The van der Waals surface area contributed by atoms with Crippen molar-refractivity contribution in [1.29, 1.82) is 0 Å². The molecule has 658 valence electrons. The van der Waals surface area contributed by atoms with E-state index in [-0.39, 0.29) is 0 Å². The van der Waals surface area contributed by atoms with Gasteiger partial charge in [-0.25, -0.2) is 9.97 Å². The highest BCUT2D eigenvalue weighted by Crippen LogP contribution is 2.51. The molecule has 0 amide bonds. The number of nitrogens with zero attached hydrogens (tertiary/aromatic N) is 6. The SMILES string of the molecule is Cc1ccc(-c2ccc(-c3cc(-c4ccc(-c5ccc(C)cc5-c5cc(-c6ccccc6-c6ccc(-c7ccccn7)cc6-c6ccccc6)cc(-c6ccccc6-c6ccc(-c7ccccn7)cc6-c6ccccc6)c5)cc4)ncn3)cc2)c(-c2cc(-c3ccccc3-c3ccc(-c4ccccn4)cc3-c3ccccc3)cc(-c3ccccc3-c3ccc(-c4ccccn4)cc3-c3ccccc3)c2)c1. The number of hydrogen-bond donors (Lipinski definition) is 0. The Bertz CT molecular complexity index is 7620. The lowest BCUT2D eigenvalue weighted by molar-refractivity contribution is 1.18. The monoisotopic (exact) mass is 1780 g/mol. The van der Waals surface area contributed by atoms with Crippen LogP contribution < -0.4 is 0 Å². The summed E-state index contributed by atoms with van der Waals surface area (Å²) in [5.74, 6) is 0. The van der Waals surface area contributed by atoms with Gasteiger partial charge in [-0.1, -0.05) is 387 Å². The molecular formula is C134H92N6. The molecule has 0 unspecified atom stereocenters. The summed E-state index contributed by atoms with van der Waals surface area (Å²) in [7, 11) is 0. The third-order valence-corrected chi connectivity index (χ3v) is 26.9. The van der Waals surface area contributed by atoms with Crippen LogP contribution in [0, 0.1) is 13.8 Å². The maximum Gasteiger partial charge on any atom is 0.116 e. The minimum absolute atomic E-state index is 0.822. The predicted molar refractivity (Wildman–Crippen MR) is 582 cm³/mol. The van der Waals surface area contributed by atoms with Crippen molar-refractivity contribution in [1.82, 2.24) is 29.9 Å². The second kappa shape index (κ2) is 38.6.